The van der Waals surface area contributed by atoms with E-state index in [0.29, 0.717) is 43.9 Å². The summed E-state index contributed by atoms with van der Waals surface area (Å²) < 4.78 is 15.6. The normalized spacial score (nSPS) is 13.1. The summed E-state index contributed by atoms with van der Waals surface area (Å²) >= 11 is 0. The molecule has 0 atom stereocenters. The third-order valence-electron chi connectivity index (χ3n) is 5.21. The molecule has 28 heavy (non-hydrogen) atoms. The van der Waals surface area contributed by atoms with E-state index in [1.54, 1.807) is 23.1 Å². The van der Waals surface area contributed by atoms with Gasteiger partial charge in [0, 0.05) is 26.2 Å². The Balaban J connectivity index is 1.76. The van der Waals surface area contributed by atoms with Crippen molar-refractivity contribution in [2.24, 2.45) is 0 Å². The first kappa shape index (κ1) is 20.0. The fourth-order valence-electron chi connectivity index (χ4n) is 3.64. The van der Waals surface area contributed by atoms with E-state index in [2.05, 4.69) is 10.3 Å². The van der Waals surface area contributed by atoms with Crippen LogP contribution in [0.25, 0.3) is 0 Å². The summed E-state index contributed by atoms with van der Waals surface area (Å²) in [6, 6.07) is 6.53. The number of amides is 2. The fourth-order valence-corrected chi connectivity index (χ4v) is 3.64. The molecule has 0 saturated heterocycles. The molecule has 7 heteroatoms. The summed E-state index contributed by atoms with van der Waals surface area (Å²) in [7, 11) is 0. The molecule has 150 valence electrons. The molecule has 0 aliphatic carbocycles. The molecule has 1 N–H and O–H groups in total. The Morgan fingerprint density at radius 3 is 2.68 bits per heavy atom. The van der Waals surface area contributed by atoms with Crippen molar-refractivity contribution in [3.63, 3.8) is 0 Å². The number of hydrogen-bond donors (Lipinski definition) is 1. The van der Waals surface area contributed by atoms with Gasteiger partial charge in [-0.2, -0.15) is 0 Å². The van der Waals surface area contributed by atoms with Crippen LogP contribution in [0.5, 0.6) is 0 Å². The molecule has 3 rings (SSSR count). The highest BCUT2D eigenvalue weighted by molar-refractivity contribution is 5.97. The van der Waals surface area contributed by atoms with Crippen molar-refractivity contribution in [1.82, 2.24) is 19.8 Å². The maximum atomic E-state index is 13.7. The Morgan fingerprint density at radius 1 is 1.21 bits per heavy atom. The summed E-state index contributed by atoms with van der Waals surface area (Å²) in [4.78, 5) is 31.7. The maximum absolute atomic E-state index is 13.7. The zero-order valence-electron chi connectivity index (χ0n) is 16.5. The van der Waals surface area contributed by atoms with Crippen LogP contribution >= 0.6 is 0 Å². The lowest BCUT2D eigenvalue weighted by atomic mass is 10.1. The van der Waals surface area contributed by atoms with Crippen molar-refractivity contribution < 1.29 is 14.0 Å². The van der Waals surface area contributed by atoms with E-state index < -0.39 is 0 Å². The SMILES string of the molecule is CCN(CC)C(=O)c1nc(C(=O)NCCc2ccccc2F)n2c1CCCC2. The molecule has 6 nitrogen and oxygen atoms in total. The minimum absolute atomic E-state index is 0.124. The smallest absolute Gasteiger partial charge is 0.287 e. The highest BCUT2D eigenvalue weighted by Gasteiger charge is 2.29. The lowest BCUT2D eigenvalue weighted by molar-refractivity contribution is 0.0766. The number of nitrogens with one attached hydrogen (secondary N) is 1. The van der Waals surface area contributed by atoms with Gasteiger partial charge >= 0.3 is 0 Å². The molecule has 2 heterocycles. The van der Waals surface area contributed by atoms with Gasteiger partial charge in [-0.1, -0.05) is 18.2 Å². The van der Waals surface area contributed by atoms with Crippen LogP contribution in [0.4, 0.5) is 4.39 Å². The number of halogens is 1. The van der Waals surface area contributed by atoms with Gasteiger partial charge in [-0.05, 0) is 51.2 Å². The van der Waals surface area contributed by atoms with E-state index in [-0.39, 0.29) is 23.5 Å². The van der Waals surface area contributed by atoms with Crippen molar-refractivity contribution in [3.8, 4) is 0 Å². The van der Waals surface area contributed by atoms with Crippen LogP contribution in [0.3, 0.4) is 0 Å². The standard InChI is InChI=1S/C21H27FN4O2/c1-3-25(4-2)21(28)18-17-11-7-8-14-26(17)19(24-18)20(27)23-13-12-15-9-5-6-10-16(15)22/h5-6,9-10H,3-4,7-8,11-14H2,1-2H3,(H,23,27). The monoisotopic (exact) mass is 386 g/mol. The van der Waals surface area contributed by atoms with Crippen LogP contribution < -0.4 is 5.32 Å². The number of carbonyl (C=O) groups is 2. The first-order valence-corrected chi connectivity index (χ1v) is 9.97. The second-order valence-corrected chi connectivity index (χ2v) is 6.91. The molecule has 1 aromatic carbocycles. The van der Waals surface area contributed by atoms with Gasteiger partial charge in [0.05, 0.1) is 5.69 Å². The van der Waals surface area contributed by atoms with Gasteiger partial charge in [0.1, 0.15) is 11.5 Å². The van der Waals surface area contributed by atoms with E-state index in [9.17, 15) is 14.0 Å². The van der Waals surface area contributed by atoms with Gasteiger partial charge in [-0.25, -0.2) is 9.37 Å². The molecule has 0 spiro atoms. The van der Waals surface area contributed by atoms with Crippen LogP contribution in [-0.4, -0.2) is 45.9 Å². The van der Waals surface area contributed by atoms with Gasteiger partial charge in [-0.3, -0.25) is 9.59 Å². The first-order chi connectivity index (χ1) is 13.6. The van der Waals surface area contributed by atoms with E-state index >= 15 is 0 Å². The number of nitrogens with zero attached hydrogens (tertiary/aromatic N) is 3. The number of aromatic nitrogens is 2. The van der Waals surface area contributed by atoms with Crippen LogP contribution in [0.15, 0.2) is 24.3 Å². The minimum Gasteiger partial charge on any atom is -0.349 e. The van der Waals surface area contributed by atoms with Crippen molar-refractivity contribution in [3.05, 3.63) is 52.9 Å². The number of benzene rings is 1. The number of imidazole rings is 1. The van der Waals surface area contributed by atoms with Crippen molar-refractivity contribution in [1.29, 1.82) is 0 Å². The second kappa shape index (κ2) is 8.99. The zero-order chi connectivity index (χ0) is 20.1. The molecule has 2 amide bonds. The Hall–Kier alpha value is -2.70. The first-order valence-electron chi connectivity index (χ1n) is 9.97. The number of hydrogen-bond acceptors (Lipinski definition) is 3. The lowest BCUT2D eigenvalue weighted by Crippen LogP contribution is -2.31. The van der Waals surface area contributed by atoms with Gasteiger partial charge < -0.3 is 14.8 Å². The zero-order valence-corrected chi connectivity index (χ0v) is 16.5. The lowest BCUT2D eigenvalue weighted by Gasteiger charge is -2.20. The van der Waals surface area contributed by atoms with Gasteiger partial charge in [-0.15, -0.1) is 0 Å². The number of rotatable bonds is 7. The van der Waals surface area contributed by atoms with Gasteiger partial charge in [0.15, 0.2) is 5.82 Å². The van der Waals surface area contributed by atoms with Gasteiger partial charge in [0.2, 0.25) is 0 Å². The summed E-state index contributed by atoms with van der Waals surface area (Å²) in [6.07, 6.45) is 3.09. The minimum atomic E-state index is -0.321. The van der Waals surface area contributed by atoms with Crippen LogP contribution in [0.2, 0.25) is 0 Å². The summed E-state index contributed by atoms with van der Waals surface area (Å²) in [5.41, 5.74) is 1.80. The van der Waals surface area contributed by atoms with Crippen LogP contribution in [0.1, 0.15) is 59.1 Å². The highest BCUT2D eigenvalue weighted by Crippen LogP contribution is 2.22. The molecular formula is C21H27FN4O2. The maximum Gasteiger partial charge on any atom is 0.287 e. The van der Waals surface area contributed by atoms with Crippen molar-refractivity contribution in [2.45, 2.75) is 46.1 Å². The van der Waals surface area contributed by atoms with E-state index in [0.717, 1.165) is 25.0 Å². The van der Waals surface area contributed by atoms with E-state index in [4.69, 9.17) is 0 Å². The molecule has 0 fully saturated rings. The third kappa shape index (κ3) is 4.08. The van der Waals surface area contributed by atoms with Gasteiger partial charge in [0.25, 0.3) is 11.8 Å². The molecule has 1 aliphatic rings. The molecule has 1 aliphatic heterocycles. The molecule has 0 bridgehead atoms. The Bertz CT molecular complexity index is 858. The molecule has 0 saturated carbocycles. The van der Waals surface area contributed by atoms with Crippen molar-refractivity contribution >= 4 is 11.8 Å². The predicted molar refractivity (Wildman–Crippen MR) is 105 cm³/mol. The predicted octanol–water partition coefficient (Wildman–Crippen LogP) is 2.81. The largest absolute Gasteiger partial charge is 0.349 e. The number of carbonyl (C=O) groups excluding carboxylic acids is 2. The fraction of sp³-hybridized carbons (Fsp3) is 0.476. The molecule has 1 aromatic heterocycles. The average molecular weight is 386 g/mol. The highest BCUT2D eigenvalue weighted by atomic mass is 19.1. The quantitative estimate of drug-likeness (QED) is 0.796. The molecule has 0 radical (unpaired) electrons. The second-order valence-electron chi connectivity index (χ2n) is 6.91. The summed E-state index contributed by atoms with van der Waals surface area (Å²) in [5.74, 6) is -0.445. The average Bonchev–Trinajstić information content (AvgIpc) is 3.10. The van der Waals surface area contributed by atoms with Crippen LogP contribution in [0, 0.1) is 5.82 Å². The van der Waals surface area contributed by atoms with E-state index in [1.165, 1.54) is 6.07 Å². The van der Waals surface area contributed by atoms with E-state index in [1.807, 2.05) is 18.4 Å². The van der Waals surface area contributed by atoms with Crippen LogP contribution in [-0.2, 0) is 19.4 Å². The number of fused-ring (bicyclic) bond motifs is 1. The summed E-state index contributed by atoms with van der Waals surface area (Å²) in [6.45, 7) is 6.06. The summed E-state index contributed by atoms with van der Waals surface area (Å²) in [5, 5.41) is 2.82. The topological polar surface area (TPSA) is 67.2 Å². The third-order valence-corrected chi connectivity index (χ3v) is 5.21. The Labute approximate surface area is 164 Å². The molecule has 2 aromatic rings. The Morgan fingerprint density at radius 2 is 1.96 bits per heavy atom. The Kier molecular flexibility index (Phi) is 6.44. The molecule has 0 unspecified atom stereocenters. The van der Waals surface area contributed by atoms with Crippen molar-refractivity contribution in [2.75, 3.05) is 19.6 Å². The molecular weight excluding hydrogens is 359 g/mol.